The van der Waals surface area contributed by atoms with Crippen LogP contribution in [0.25, 0.3) is 6.08 Å². The minimum absolute atomic E-state index is 0.261. The second-order valence-corrected chi connectivity index (χ2v) is 9.34. The van der Waals surface area contributed by atoms with Crippen molar-refractivity contribution in [2.75, 3.05) is 20.8 Å². The minimum atomic E-state index is -0.630. The molecule has 1 saturated heterocycles. The first-order valence-corrected chi connectivity index (χ1v) is 11.3. The predicted molar refractivity (Wildman–Crippen MR) is 116 cm³/mol. The molecule has 0 aliphatic carbocycles. The van der Waals surface area contributed by atoms with Gasteiger partial charge in [-0.25, -0.2) is 9.59 Å². The van der Waals surface area contributed by atoms with Gasteiger partial charge in [0.05, 0.1) is 42.9 Å². The zero-order valence-electron chi connectivity index (χ0n) is 15.7. The minimum Gasteiger partial charge on any atom is -0.466 e. The number of fused-ring (bicyclic) bond motifs is 1. The number of carbonyl (C=O) groups is 2. The highest BCUT2D eigenvalue weighted by Crippen LogP contribution is 2.51. The van der Waals surface area contributed by atoms with Crippen LogP contribution in [0.1, 0.15) is 15.7 Å². The summed E-state index contributed by atoms with van der Waals surface area (Å²) in [5.74, 6) is -1.36. The van der Waals surface area contributed by atoms with Crippen LogP contribution in [-0.2, 0) is 19.1 Å². The molecule has 0 bridgehead atoms. The second-order valence-electron chi connectivity index (χ2n) is 6.26. The van der Waals surface area contributed by atoms with Gasteiger partial charge in [-0.1, -0.05) is 23.9 Å². The van der Waals surface area contributed by atoms with Crippen LogP contribution in [0, 0.1) is 0 Å². The third kappa shape index (κ3) is 3.50. The molecule has 6 nitrogen and oxygen atoms in total. The van der Waals surface area contributed by atoms with E-state index in [9.17, 15) is 9.59 Å². The highest BCUT2D eigenvalue weighted by molar-refractivity contribution is 8.07. The smallest absolute Gasteiger partial charge is 0.338 e. The SMILES string of the molecule is COC(=O)C1=C(N)N2C/C(=C/c3cccs3)SC2=C(C(=O)OC)C1c1cccs1. The van der Waals surface area contributed by atoms with E-state index in [1.807, 2.05) is 35.0 Å². The van der Waals surface area contributed by atoms with E-state index in [1.54, 1.807) is 16.2 Å². The van der Waals surface area contributed by atoms with Gasteiger partial charge in [-0.15, -0.1) is 22.7 Å². The summed E-state index contributed by atoms with van der Waals surface area (Å²) in [4.78, 5) is 30.3. The molecule has 4 heterocycles. The lowest BCUT2D eigenvalue weighted by Crippen LogP contribution is -2.36. The van der Waals surface area contributed by atoms with E-state index in [4.69, 9.17) is 15.2 Å². The van der Waals surface area contributed by atoms with E-state index in [1.165, 1.54) is 37.3 Å². The maximum atomic E-state index is 12.9. The molecule has 0 saturated carbocycles. The van der Waals surface area contributed by atoms with Gasteiger partial charge < -0.3 is 20.1 Å². The number of methoxy groups -OCH3 is 2. The molecule has 1 unspecified atom stereocenters. The number of ether oxygens (including phenoxy) is 2. The molecular formula is C20H18N2O4S3. The third-order valence-corrected chi connectivity index (χ3v) is 7.55. The predicted octanol–water partition coefficient (Wildman–Crippen LogP) is 3.72. The van der Waals surface area contributed by atoms with E-state index >= 15 is 0 Å². The summed E-state index contributed by atoms with van der Waals surface area (Å²) in [5, 5.41) is 4.61. The summed E-state index contributed by atoms with van der Waals surface area (Å²) in [6.07, 6.45) is 2.07. The van der Waals surface area contributed by atoms with E-state index in [0.717, 1.165) is 14.7 Å². The highest BCUT2D eigenvalue weighted by atomic mass is 32.2. The van der Waals surface area contributed by atoms with Gasteiger partial charge in [0.15, 0.2) is 0 Å². The van der Waals surface area contributed by atoms with Crippen molar-refractivity contribution in [3.05, 3.63) is 71.7 Å². The molecule has 29 heavy (non-hydrogen) atoms. The Balaban J connectivity index is 1.89. The summed E-state index contributed by atoms with van der Waals surface area (Å²) >= 11 is 4.57. The van der Waals surface area contributed by atoms with Gasteiger partial charge in [0.1, 0.15) is 5.82 Å². The zero-order valence-corrected chi connectivity index (χ0v) is 18.2. The summed E-state index contributed by atoms with van der Waals surface area (Å²) < 4.78 is 10.1. The number of thioether (sulfide) groups is 1. The molecule has 0 radical (unpaired) electrons. The van der Waals surface area contributed by atoms with Crippen molar-refractivity contribution in [3.63, 3.8) is 0 Å². The van der Waals surface area contributed by atoms with Gasteiger partial charge in [-0.3, -0.25) is 0 Å². The van der Waals surface area contributed by atoms with Crippen LogP contribution < -0.4 is 5.73 Å². The van der Waals surface area contributed by atoms with Crippen molar-refractivity contribution in [2.45, 2.75) is 5.92 Å². The number of carbonyl (C=O) groups excluding carboxylic acids is 2. The topological polar surface area (TPSA) is 81.9 Å². The Bertz CT molecular complexity index is 1040. The number of hydrogen-bond donors (Lipinski definition) is 1. The van der Waals surface area contributed by atoms with Crippen molar-refractivity contribution in [1.29, 1.82) is 0 Å². The molecule has 150 valence electrons. The summed E-state index contributed by atoms with van der Waals surface area (Å²) in [6.45, 7) is 0.474. The van der Waals surface area contributed by atoms with E-state index in [0.29, 0.717) is 23.0 Å². The Kier molecular flexibility index (Phi) is 5.53. The molecule has 9 heteroatoms. The van der Waals surface area contributed by atoms with Gasteiger partial charge >= 0.3 is 11.9 Å². The molecule has 1 atom stereocenters. The zero-order chi connectivity index (χ0) is 20.5. The van der Waals surface area contributed by atoms with Gasteiger partial charge in [0.25, 0.3) is 0 Å². The van der Waals surface area contributed by atoms with Crippen LogP contribution in [0.3, 0.4) is 0 Å². The lowest BCUT2D eigenvalue weighted by molar-refractivity contribution is -0.137. The molecular weight excluding hydrogens is 428 g/mol. The Morgan fingerprint density at radius 2 is 1.79 bits per heavy atom. The van der Waals surface area contributed by atoms with Crippen molar-refractivity contribution >= 4 is 52.5 Å². The molecule has 0 aromatic carbocycles. The number of esters is 2. The molecule has 2 aromatic heterocycles. The molecule has 4 rings (SSSR count). The lowest BCUT2D eigenvalue weighted by atomic mass is 9.87. The van der Waals surface area contributed by atoms with Crippen LogP contribution in [-0.4, -0.2) is 37.6 Å². The summed E-state index contributed by atoms with van der Waals surface area (Å²) in [6, 6.07) is 7.77. The number of nitrogens with zero attached hydrogens (tertiary/aromatic N) is 1. The van der Waals surface area contributed by atoms with Crippen molar-refractivity contribution in [3.8, 4) is 0 Å². The van der Waals surface area contributed by atoms with Crippen LogP contribution in [0.2, 0.25) is 0 Å². The average molecular weight is 447 g/mol. The largest absolute Gasteiger partial charge is 0.466 e. The molecule has 1 fully saturated rings. The van der Waals surface area contributed by atoms with Crippen molar-refractivity contribution < 1.29 is 19.1 Å². The molecule has 2 aliphatic rings. The monoisotopic (exact) mass is 446 g/mol. The Morgan fingerprint density at radius 1 is 1.10 bits per heavy atom. The van der Waals surface area contributed by atoms with E-state index in [-0.39, 0.29) is 5.57 Å². The Hall–Kier alpha value is -2.49. The fourth-order valence-electron chi connectivity index (χ4n) is 3.39. The van der Waals surface area contributed by atoms with Gasteiger partial charge in [-0.2, -0.15) is 0 Å². The second kappa shape index (κ2) is 8.10. The Labute approximate surface area is 180 Å². The number of nitrogens with two attached hydrogens (primary N) is 1. The Morgan fingerprint density at radius 3 is 2.41 bits per heavy atom. The number of thiophene rings is 2. The standard InChI is InChI=1S/C20H18N2O4S3/c1-25-19(23)15-14(13-6-4-8-28-13)16(20(24)26-2)18-22(17(15)21)10-12(29-18)9-11-5-3-7-27-11/h3-9,14H,10,21H2,1-2H3/b12-9-. The molecule has 2 aliphatic heterocycles. The molecule has 2 aromatic rings. The maximum absolute atomic E-state index is 12.9. The number of hydrogen-bond acceptors (Lipinski definition) is 9. The van der Waals surface area contributed by atoms with Gasteiger partial charge in [0.2, 0.25) is 0 Å². The summed E-state index contributed by atoms with van der Waals surface area (Å²) in [7, 11) is 2.65. The fraction of sp³-hybridized carbons (Fsp3) is 0.200. The summed E-state index contributed by atoms with van der Waals surface area (Å²) in [5.41, 5.74) is 7.13. The molecule has 2 N–H and O–H groups in total. The van der Waals surface area contributed by atoms with Crippen LogP contribution in [0.15, 0.2) is 61.9 Å². The first-order chi connectivity index (χ1) is 14.0. The number of rotatable bonds is 4. The average Bonchev–Trinajstić information content (AvgIpc) is 3.48. The molecule has 0 amide bonds. The fourth-order valence-corrected chi connectivity index (χ4v) is 6.20. The first-order valence-electron chi connectivity index (χ1n) is 8.68. The highest BCUT2D eigenvalue weighted by Gasteiger charge is 2.45. The van der Waals surface area contributed by atoms with Crippen LogP contribution >= 0.6 is 34.4 Å². The van der Waals surface area contributed by atoms with Crippen molar-refractivity contribution in [1.82, 2.24) is 4.90 Å². The van der Waals surface area contributed by atoms with Gasteiger partial charge in [-0.05, 0) is 29.0 Å². The van der Waals surface area contributed by atoms with Crippen molar-refractivity contribution in [2.24, 2.45) is 5.73 Å². The van der Waals surface area contributed by atoms with Crippen LogP contribution in [0.5, 0.6) is 0 Å². The lowest BCUT2D eigenvalue weighted by Gasteiger charge is -2.33. The van der Waals surface area contributed by atoms with E-state index in [2.05, 4.69) is 6.08 Å². The van der Waals surface area contributed by atoms with E-state index < -0.39 is 17.9 Å². The third-order valence-electron chi connectivity index (χ3n) is 4.65. The first kappa shape index (κ1) is 19.8. The maximum Gasteiger partial charge on any atom is 0.338 e. The van der Waals surface area contributed by atoms with Crippen LogP contribution in [0.4, 0.5) is 0 Å². The molecule has 0 spiro atoms. The normalized spacial score (nSPS) is 20.3. The van der Waals surface area contributed by atoms with Gasteiger partial charge in [0, 0.05) is 14.7 Å². The quantitative estimate of drug-likeness (QED) is 0.717.